The zero-order chi connectivity index (χ0) is 21.3. The van der Waals surface area contributed by atoms with Crippen molar-refractivity contribution in [2.45, 2.75) is 38.5 Å². The van der Waals surface area contributed by atoms with Crippen molar-refractivity contribution in [3.8, 4) is 11.5 Å². The highest BCUT2D eigenvalue weighted by atomic mass is 16.5. The Morgan fingerprint density at radius 2 is 1.97 bits per heavy atom. The van der Waals surface area contributed by atoms with Crippen LogP contribution in [-0.2, 0) is 19.6 Å². The molecule has 0 aliphatic heterocycles. The molecule has 0 aliphatic carbocycles. The number of aliphatic hydroxyl groups excluding tert-OH is 1. The second kappa shape index (κ2) is 10.5. The van der Waals surface area contributed by atoms with Crippen molar-refractivity contribution in [1.82, 2.24) is 9.55 Å². The molecule has 1 atom stereocenters. The van der Waals surface area contributed by atoms with E-state index in [0.717, 1.165) is 35.5 Å². The summed E-state index contributed by atoms with van der Waals surface area (Å²) in [6, 6.07) is 15.8. The fourth-order valence-electron chi connectivity index (χ4n) is 3.18. The first kappa shape index (κ1) is 21.4. The van der Waals surface area contributed by atoms with Crippen LogP contribution in [0.5, 0.6) is 11.5 Å². The number of aromatic nitrogens is 2. The normalized spacial score (nSPS) is 11.8. The third-order valence-electron chi connectivity index (χ3n) is 4.82. The van der Waals surface area contributed by atoms with E-state index >= 15 is 0 Å². The number of carbonyl (C=O) groups is 1. The van der Waals surface area contributed by atoms with E-state index in [1.165, 1.54) is 6.33 Å². The van der Waals surface area contributed by atoms with Crippen molar-refractivity contribution >= 4 is 5.91 Å². The largest absolute Gasteiger partial charge is 0.497 e. The molecule has 0 aliphatic rings. The number of para-hydroxylation sites is 1. The summed E-state index contributed by atoms with van der Waals surface area (Å²) in [4.78, 5) is 15.0. The molecule has 3 N–H and O–H groups in total. The second-order valence-corrected chi connectivity index (χ2v) is 7.11. The molecule has 0 saturated heterocycles. The lowest BCUT2D eigenvalue weighted by molar-refractivity contribution is 0.0995. The Kier molecular flexibility index (Phi) is 7.45. The van der Waals surface area contributed by atoms with E-state index < -0.39 is 12.0 Å². The number of carbonyl (C=O) groups excluding carboxylic acids is 1. The summed E-state index contributed by atoms with van der Waals surface area (Å²) in [5.41, 5.74) is 7.57. The number of amides is 1. The molecule has 3 rings (SSSR count). The van der Waals surface area contributed by atoms with Gasteiger partial charge in [-0.3, -0.25) is 4.79 Å². The van der Waals surface area contributed by atoms with Crippen LogP contribution in [0, 0.1) is 0 Å². The van der Waals surface area contributed by atoms with Gasteiger partial charge in [0.25, 0.3) is 5.91 Å². The maximum atomic E-state index is 11.1. The van der Waals surface area contributed by atoms with Gasteiger partial charge in [0, 0.05) is 12.7 Å². The summed E-state index contributed by atoms with van der Waals surface area (Å²) in [5, 5.41) is 10.3. The van der Waals surface area contributed by atoms with Gasteiger partial charge in [0.05, 0.1) is 19.5 Å². The maximum Gasteiger partial charge on any atom is 0.268 e. The summed E-state index contributed by atoms with van der Waals surface area (Å²) in [6.07, 6.45) is 4.75. The molecule has 2 aromatic carbocycles. The summed E-state index contributed by atoms with van der Waals surface area (Å²) < 4.78 is 12.9. The highest BCUT2D eigenvalue weighted by Crippen LogP contribution is 2.22. The fourth-order valence-corrected chi connectivity index (χ4v) is 3.18. The summed E-state index contributed by atoms with van der Waals surface area (Å²) in [7, 11) is 1.65. The van der Waals surface area contributed by atoms with Gasteiger partial charge >= 0.3 is 0 Å². The lowest BCUT2D eigenvalue weighted by Crippen LogP contribution is -2.15. The average Bonchev–Trinajstić information content (AvgIpc) is 3.22. The monoisotopic (exact) mass is 409 g/mol. The Hall–Kier alpha value is -3.32. The van der Waals surface area contributed by atoms with Gasteiger partial charge in [-0.2, -0.15) is 0 Å². The minimum Gasteiger partial charge on any atom is -0.497 e. The van der Waals surface area contributed by atoms with Crippen LogP contribution in [0.2, 0.25) is 0 Å². The Labute approximate surface area is 176 Å². The fraction of sp³-hybridized carbons (Fsp3) is 0.304. The number of benzene rings is 2. The van der Waals surface area contributed by atoms with Crippen LogP contribution in [0.4, 0.5) is 0 Å². The predicted molar refractivity (Wildman–Crippen MR) is 113 cm³/mol. The quantitative estimate of drug-likeness (QED) is 0.507. The van der Waals surface area contributed by atoms with Gasteiger partial charge in [-0.15, -0.1) is 0 Å². The summed E-state index contributed by atoms with van der Waals surface area (Å²) in [5.74, 6) is 1.09. The van der Waals surface area contributed by atoms with Crippen molar-refractivity contribution in [2.75, 3.05) is 7.11 Å². The predicted octanol–water partition coefficient (Wildman–Crippen LogP) is 2.95. The average molecular weight is 409 g/mol. The number of imidazole rings is 1. The van der Waals surface area contributed by atoms with Crippen LogP contribution >= 0.6 is 0 Å². The minimum atomic E-state index is -0.575. The Morgan fingerprint density at radius 3 is 2.67 bits per heavy atom. The van der Waals surface area contributed by atoms with Crippen LogP contribution in [0.3, 0.4) is 0 Å². The van der Waals surface area contributed by atoms with Crippen LogP contribution < -0.4 is 15.2 Å². The van der Waals surface area contributed by atoms with Crippen molar-refractivity contribution in [3.63, 3.8) is 0 Å². The van der Waals surface area contributed by atoms with Crippen molar-refractivity contribution in [3.05, 3.63) is 77.9 Å². The number of hydrogen-bond donors (Lipinski definition) is 2. The smallest absolute Gasteiger partial charge is 0.268 e. The first-order valence-corrected chi connectivity index (χ1v) is 9.88. The molecule has 0 spiro atoms. The first-order chi connectivity index (χ1) is 14.5. The van der Waals surface area contributed by atoms with Crippen LogP contribution in [0.25, 0.3) is 0 Å². The van der Waals surface area contributed by atoms with E-state index in [4.69, 9.17) is 15.2 Å². The number of nitrogens with zero attached hydrogens (tertiary/aromatic N) is 2. The van der Waals surface area contributed by atoms with E-state index in [1.54, 1.807) is 17.9 Å². The third-order valence-corrected chi connectivity index (χ3v) is 4.82. The number of ether oxygens (including phenoxy) is 2. The first-order valence-electron chi connectivity index (χ1n) is 9.88. The van der Waals surface area contributed by atoms with Gasteiger partial charge in [0.15, 0.2) is 0 Å². The summed E-state index contributed by atoms with van der Waals surface area (Å²) >= 11 is 0. The van der Waals surface area contributed by atoms with Gasteiger partial charge in [-0.05, 0) is 48.6 Å². The van der Waals surface area contributed by atoms with Crippen LogP contribution in [0.15, 0.2) is 61.1 Å². The molecule has 30 heavy (non-hydrogen) atoms. The molecule has 0 bridgehead atoms. The molecule has 7 nitrogen and oxygen atoms in total. The molecule has 0 saturated carbocycles. The summed E-state index contributed by atoms with van der Waals surface area (Å²) in [6.45, 7) is 0.850. The standard InChI is InChI=1S/C23H27N3O4/c1-29-20-11-9-17(10-12-20)15-30-22-8-3-2-5-18(22)6-4-7-19(27)13-26-14-21(23(24)28)25-16-26/h2-3,5,8-12,14,16,19,27H,4,6-7,13,15H2,1H3,(H2,24,28). The zero-order valence-electron chi connectivity index (χ0n) is 17.0. The Bertz CT molecular complexity index is 953. The zero-order valence-corrected chi connectivity index (χ0v) is 17.0. The lowest BCUT2D eigenvalue weighted by atomic mass is 10.0. The maximum absolute atomic E-state index is 11.1. The number of methoxy groups -OCH3 is 1. The van der Waals surface area contributed by atoms with Crippen molar-refractivity contribution in [1.29, 1.82) is 0 Å². The molecule has 158 valence electrons. The van der Waals surface area contributed by atoms with Crippen LogP contribution in [0.1, 0.15) is 34.5 Å². The topological polar surface area (TPSA) is 99.6 Å². The number of aryl methyl sites for hydroxylation is 1. The van der Waals surface area contributed by atoms with Gasteiger partial charge in [0.2, 0.25) is 0 Å². The third kappa shape index (κ3) is 6.09. The van der Waals surface area contributed by atoms with E-state index in [2.05, 4.69) is 4.98 Å². The van der Waals surface area contributed by atoms with Gasteiger partial charge in [0.1, 0.15) is 23.8 Å². The van der Waals surface area contributed by atoms with E-state index in [0.29, 0.717) is 19.6 Å². The van der Waals surface area contributed by atoms with E-state index in [9.17, 15) is 9.90 Å². The van der Waals surface area contributed by atoms with Crippen molar-refractivity contribution < 1.29 is 19.4 Å². The molecule has 7 heteroatoms. The molecule has 0 fully saturated rings. The van der Waals surface area contributed by atoms with Gasteiger partial charge in [-0.1, -0.05) is 30.3 Å². The Balaban J connectivity index is 1.48. The highest BCUT2D eigenvalue weighted by Gasteiger charge is 2.10. The number of aliphatic hydroxyl groups is 1. The van der Waals surface area contributed by atoms with Gasteiger partial charge in [-0.25, -0.2) is 4.98 Å². The lowest BCUT2D eigenvalue weighted by Gasteiger charge is -2.14. The number of primary amides is 1. The molecular weight excluding hydrogens is 382 g/mol. The number of nitrogens with two attached hydrogens (primary N) is 1. The number of hydrogen-bond acceptors (Lipinski definition) is 5. The van der Waals surface area contributed by atoms with E-state index in [1.807, 2.05) is 48.5 Å². The molecular formula is C23H27N3O4. The molecule has 3 aromatic rings. The molecule has 1 heterocycles. The van der Waals surface area contributed by atoms with E-state index in [-0.39, 0.29) is 5.69 Å². The highest BCUT2D eigenvalue weighted by molar-refractivity contribution is 5.90. The second-order valence-electron chi connectivity index (χ2n) is 7.11. The SMILES string of the molecule is COc1ccc(COc2ccccc2CCCC(O)Cn2cnc(C(N)=O)c2)cc1. The number of rotatable bonds is 11. The van der Waals surface area contributed by atoms with Crippen molar-refractivity contribution in [2.24, 2.45) is 5.73 Å². The van der Waals surface area contributed by atoms with Gasteiger partial charge < -0.3 is 24.9 Å². The van der Waals surface area contributed by atoms with Crippen LogP contribution in [-0.4, -0.2) is 33.8 Å². The molecule has 0 radical (unpaired) electrons. The molecule has 1 amide bonds. The molecule has 1 unspecified atom stereocenters. The minimum absolute atomic E-state index is 0.199. The Morgan fingerprint density at radius 1 is 1.20 bits per heavy atom. The molecule has 1 aromatic heterocycles.